The number of piperidine rings is 1. The number of nitrogens with one attached hydrogen (secondary N) is 2. The Labute approximate surface area is 170 Å². The summed E-state index contributed by atoms with van der Waals surface area (Å²) in [6, 6.07) is 16.8. The van der Waals surface area contributed by atoms with Gasteiger partial charge >= 0.3 is 0 Å². The number of hydrogen-bond donors (Lipinski definition) is 2. The summed E-state index contributed by atoms with van der Waals surface area (Å²) in [5.41, 5.74) is 10.3. The molecule has 2 saturated heterocycles. The van der Waals surface area contributed by atoms with Crippen molar-refractivity contribution < 1.29 is 4.79 Å². The second-order valence-corrected chi connectivity index (χ2v) is 7.93. The minimum absolute atomic E-state index is 0.0617. The van der Waals surface area contributed by atoms with E-state index in [1.54, 1.807) is 12.4 Å². The number of nitrogens with zero attached hydrogens (tertiary/aromatic N) is 3. The lowest BCUT2D eigenvalue weighted by molar-refractivity contribution is 0.0672. The van der Waals surface area contributed by atoms with Crippen LogP contribution in [0.2, 0.25) is 0 Å². The molecule has 3 heterocycles. The Morgan fingerprint density at radius 2 is 1.76 bits per heavy atom. The fourth-order valence-electron chi connectivity index (χ4n) is 4.78. The second-order valence-electron chi connectivity index (χ2n) is 7.93. The van der Waals surface area contributed by atoms with E-state index in [4.69, 9.17) is 0 Å². The first-order valence-electron chi connectivity index (χ1n) is 10.3. The number of para-hydroxylation sites is 1. The first kappa shape index (κ1) is 18.2. The third-order valence-corrected chi connectivity index (χ3v) is 6.32. The molecular formula is C23H25N5O. The van der Waals surface area contributed by atoms with E-state index in [-0.39, 0.29) is 5.91 Å². The van der Waals surface area contributed by atoms with E-state index in [9.17, 15) is 4.79 Å². The Balaban J connectivity index is 1.28. The number of benzene rings is 2. The summed E-state index contributed by atoms with van der Waals surface area (Å²) >= 11 is 0. The Hall–Kier alpha value is -2.83. The lowest BCUT2D eigenvalue weighted by Gasteiger charge is -2.36. The topological polar surface area (TPSA) is 70.2 Å². The number of likely N-dealkylation sites (tertiary alicyclic amines) is 1. The van der Waals surface area contributed by atoms with E-state index in [1.165, 1.54) is 5.56 Å². The van der Waals surface area contributed by atoms with Crippen molar-refractivity contribution in [1.29, 1.82) is 0 Å². The van der Waals surface area contributed by atoms with E-state index in [0.717, 1.165) is 38.0 Å². The monoisotopic (exact) mass is 387 g/mol. The number of aromatic nitrogens is 2. The van der Waals surface area contributed by atoms with Crippen molar-refractivity contribution in [3.8, 4) is 0 Å². The van der Waals surface area contributed by atoms with E-state index >= 15 is 0 Å². The quantitative estimate of drug-likeness (QED) is 0.723. The predicted octanol–water partition coefficient (Wildman–Crippen LogP) is 2.74. The smallest absolute Gasteiger partial charge is 0.256 e. The summed E-state index contributed by atoms with van der Waals surface area (Å²) in [5, 5.41) is 0. The molecule has 0 aliphatic carbocycles. The van der Waals surface area contributed by atoms with Gasteiger partial charge in [-0.2, -0.15) is 0 Å². The molecule has 2 atom stereocenters. The van der Waals surface area contributed by atoms with Crippen molar-refractivity contribution in [1.82, 2.24) is 25.7 Å². The highest BCUT2D eigenvalue weighted by atomic mass is 16.2. The van der Waals surface area contributed by atoms with E-state index < -0.39 is 0 Å². The molecule has 2 aliphatic rings. The number of hydrogen-bond acceptors (Lipinski definition) is 5. The number of amides is 1. The molecule has 1 amide bonds. The van der Waals surface area contributed by atoms with Crippen LogP contribution in [-0.4, -0.2) is 46.5 Å². The molecule has 6 heteroatoms. The van der Waals surface area contributed by atoms with Gasteiger partial charge < -0.3 is 4.90 Å². The first-order valence-corrected chi connectivity index (χ1v) is 10.3. The molecule has 3 aromatic rings. The molecule has 2 unspecified atom stereocenters. The zero-order chi connectivity index (χ0) is 19.6. The van der Waals surface area contributed by atoms with Crippen LogP contribution < -0.4 is 10.9 Å². The highest BCUT2D eigenvalue weighted by Crippen LogP contribution is 2.32. The van der Waals surface area contributed by atoms with Crippen LogP contribution in [0.25, 0.3) is 11.0 Å². The van der Waals surface area contributed by atoms with Crippen molar-refractivity contribution in [3.63, 3.8) is 0 Å². The number of rotatable bonds is 3. The third kappa shape index (κ3) is 3.50. The van der Waals surface area contributed by atoms with Crippen LogP contribution in [0.5, 0.6) is 0 Å². The number of fused-ring (bicyclic) bond motifs is 1. The van der Waals surface area contributed by atoms with E-state index in [2.05, 4.69) is 51.2 Å². The zero-order valence-electron chi connectivity index (χ0n) is 16.3. The Morgan fingerprint density at radius 1 is 0.966 bits per heavy atom. The standard InChI is InChI=1S/C23H25N5O/c29-23(18-7-4-8-20-22(18)25-12-11-24-20)28-13-9-17(10-14-28)21-19(15-26-27-21)16-5-2-1-3-6-16/h1-8,11-12,17,19,21,26-27H,9-10,13-15H2. The number of hydrazine groups is 1. The van der Waals surface area contributed by atoms with Crippen molar-refractivity contribution >= 4 is 16.9 Å². The van der Waals surface area contributed by atoms with Gasteiger partial charge in [0.15, 0.2) is 0 Å². The predicted molar refractivity (Wildman–Crippen MR) is 112 cm³/mol. The average molecular weight is 387 g/mol. The number of carbonyl (C=O) groups excluding carboxylic acids is 1. The lowest BCUT2D eigenvalue weighted by Crippen LogP contribution is -2.45. The Bertz CT molecular complexity index is 995. The summed E-state index contributed by atoms with van der Waals surface area (Å²) in [6.45, 7) is 2.50. The van der Waals surface area contributed by atoms with Crippen LogP contribution in [0, 0.1) is 5.92 Å². The van der Waals surface area contributed by atoms with Gasteiger partial charge in [-0.1, -0.05) is 36.4 Å². The largest absolute Gasteiger partial charge is 0.339 e. The minimum atomic E-state index is 0.0617. The maximum absolute atomic E-state index is 13.2. The average Bonchev–Trinajstić information content (AvgIpc) is 3.29. The number of carbonyl (C=O) groups is 1. The molecular weight excluding hydrogens is 362 g/mol. The van der Waals surface area contributed by atoms with Crippen LogP contribution in [0.3, 0.4) is 0 Å². The van der Waals surface area contributed by atoms with Crippen molar-refractivity contribution in [2.24, 2.45) is 5.92 Å². The maximum Gasteiger partial charge on any atom is 0.256 e. The van der Waals surface area contributed by atoms with Crippen LogP contribution in [0.15, 0.2) is 60.9 Å². The molecule has 6 nitrogen and oxygen atoms in total. The minimum Gasteiger partial charge on any atom is -0.339 e. The molecule has 1 aromatic heterocycles. The molecule has 2 aromatic carbocycles. The molecule has 0 radical (unpaired) electrons. The van der Waals surface area contributed by atoms with E-state index in [0.29, 0.717) is 29.0 Å². The molecule has 5 rings (SSSR count). The highest BCUT2D eigenvalue weighted by molar-refractivity contribution is 6.04. The van der Waals surface area contributed by atoms with Crippen molar-refractivity contribution in [2.75, 3.05) is 19.6 Å². The molecule has 148 valence electrons. The molecule has 2 fully saturated rings. The normalized spacial score (nSPS) is 22.8. The van der Waals surface area contributed by atoms with Gasteiger partial charge in [0.1, 0.15) is 5.52 Å². The van der Waals surface area contributed by atoms with Gasteiger partial charge in [-0.15, -0.1) is 0 Å². The molecule has 0 saturated carbocycles. The Morgan fingerprint density at radius 3 is 2.59 bits per heavy atom. The molecule has 0 spiro atoms. The SMILES string of the molecule is O=C(c1cccc2nccnc12)N1CCC(C2NNCC2c2ccccc2)CC1. The molecule has 2 aliphatic heterocycles. The van der Waals surface area contributed by atoms with Crippen LogP contribution in [-0.2, 0) is 0 Å². The second kappa shape index (κ2) is 7.89. The summed E-state index contributed by atoms with van der Waals surface area (Å²) in [6.07, 6.45) is 5.32. The summed E-state index contributed by atoms with van der Waals surface area (Å²) in [7, 11) is 0. The molecule has 2 N–H and O–H groups in total. The van der Waals surface area contributed by atoms with Gasteiger partial charge in [0.25, 0.3) is 5.91 Å². The first-order chi connectivity index (χ1) is 14.3. The summed E-state index contributed by atoms with van der Waals surface area (Å²) in [5.74, 6) is 1.08. The summed E-state index contributed by atoms with van der Waals surface area (Å²) < 4.78 is 0. The summed E-state index contributed by atoms with van der Waals surface area (Å²) in [4.78, 5) is 23.8. The molecule has 0 bridgehead atoms. The van der Waals surface area contributed by atoms with Crippen LogP contribution in [0.4, 0.5) is 0 Å². The van der Waals surface area contributed by atoms with Crippen LogP contribution in [0.1, 0.15) is 34.7 Å². The van der Waals surface area contributed by atoms with Gasteiger partial charge in [0.2, 0.25) is 0 Å². The third-order valence-electron chi connectivity index (χ3n) is 6.32. The molecule has 29 heavy (non-hydrogen) atoms. The van der Waals surface area contributed by atoms with Crippen molar-refractivity contribution in [2.45, 2.75) is 24.8 Å². The van der Waals surface area contributed by atoms with E-state index in [1.807, 2.05) is 23.1 Å². The fraction of sp³-hybridized carbons (Fsp3) is 0.348. The van der Waals surface area contributed by atoms with Gasteiger partial charge in [-0.05, 0) is 36.5 Å². The van der Waals surface area contributed by atoms with Gasteiger partial charge in [0, 0.05) is 44.0 Å². The van der Waals surface area contributed by atoms with Crippen LogP contribution >= 0.6 is 0 Å². The maximum atomic E-state index is 13.2. The van der Waals surface area contributed by atoms with Gasteiger partial charge in [-0.3, -0.25) is 25.6 Å². The fourth-order valence-corrected chi connectivity index (χ4v) is 4.78. The zero-order valence-corrected chi connectivity index (χ0v) is 16.3. The van der Waals surface area contributed by atoms with Gasteiger partial charge in [0.05, 0.1) is 11.1 Å². The lowest BCUT2D eigenvalue weighted by atomic mass is 9.80. The van der Waals surface area contributed by atoms with Gasteiger partial charge in [-0.25, -0.2) is 0 Å². The Kier molecular flexibility index (Phi) is 4.96. The van der Waals surface area contributed by atoms with Crippen molar-refractivity contribution in [3.05, 3.63) is 72.1 Å². The highest BCUT2D eigenvalue weighted by Gasteiger charge is 2.37.